The molecule has 88 valence electrons. The van der Waals surface area contributed by atoms with Gasteiger partial charge in [0.2, 0.25) is 0 Å². The average molecular weight is 226 g/mol. The molecule has 0 heterocycles. The predicted octanol–water partition coefficient (Wildman–Crippen LogP) is 0.668. The summed E-state index contributed by atoms with van der Waals surface area (Å²) in [5.74, 6) is 0. The van der Waals surface area contributed by atoms with E-state index in [4.69, 9.17) is 10.2 Å². The van der Waals surface area contributed by atoms with E-state index in [1.807, 2.05) is 0 Å². The van der Waals surface area contributed by atoms with Gasteiger partial charge in [-0.05, 0) is 18.6 Å². The van der Waals surface area contributed by atoms with Crippen LogP contribution in [-0.2, 0) is 0 Å². The Morgan fingerprint density at radius 2 is 2.00 bits per heavy atom. The Morgan fingerprint density at radius 3 is 2.50 bits per heavy atom. The normalized spacial score (nSPS) is 10.5. The predicted molar refractivity (Wildman–Crippen MR) is 59.4 cm³/mol. The molecule has 0 aliphatic rings. The Morgan fingerprint density at radius 1 is 1.38 bits per heavy atom. The van der Waals surface area contributed by atoms with Gasteiger partial charge >= 0.3 is 0 Å². The van der Waals surface area contributed by atoms with Gasteiger partial charge in [-0.1, -0.05) is 0 Å². The molecule has 0 saturated heterocycles. The van der Waals surface area contributed by atoms with E-state index in [-0.39, 0.29) is 18.9 Å². The summed E-state index contributed by atoms with van der Waals surface area (Å²) < 4.78 is 0. The summed E-state index contributed by atoms with van der Waals surface area (Å²) in [6.07, 6.45) is 0. The van der Waals surface area contributed by atoms with Gasteiger partial charge in [0.1, 0.15) is 0 Å². The Labute approximate surface area is 92.7 Å². The lowest BCUT2D eigenvalue weighted by atomic mass is 10.2. The molecule has 1 aromatic carbocycles. The third-order valence-electron chi connectivity index (χ3n) is 2.08. The molecule has 16 heavy (non-hydrogen) atoms. The number of nitrogens with one attached hydrogen (secondary N) is 1. The molecule has 0 saturated carbocycles. The molecule has 0 aromatic heterocycles. The van der Waals surface area contributed by atoms with Crippen LogP contribution < -0.4 is 5.32 Å². The van der Waals surface area contributed by atoms with Crippen molar-refractivity contribution in [2.75, 3.05) is 18.5 Å². The van der Waals surface area contributed by atoms with Crippen molar-refractivity contribution in [3.8, 4) is 0 Å². The highest BCUT2D eigenvalue weighted by Crippen LogP contribution is 2.20. The maximum absolute atomic E-state index is 10.6. The molecule has 0 spiro atoms. The number of non-ortho nitro benzene ring substituents is 1. The zero-order valence-electron chi connectivity index (χ0n) is 8.88. The first-order valence-corrected chi connectivity index (χ1v) is 4.81. The highest BCUT2D eigenvalue weighted by Gasteiger charge is 2.10. The Kier molecular flexibility index (Phi) is 4.21. The highest BCUT2D eigenvalue weighted by molar-refractivity contribution is 5.54. The molecule has 6 nitrogen and oxygen atoms in total. The maximum atomic E-state index is 10.6. The fraction of sp³-hybridized carbons (Fsp3) is 0.400. The second-order valence-corrected chi connectivity index (χ2v) is 3.52. The molecule has 0 amide bonds. The number of aliphatic hydroxyl groups excluding tert-OH is 2. The van der Waals surface area contributed by atoms with Gasteiger partial charge < -0.3 is 15.5 Å². The van der Waals surface area contributed by atoms with Crippen molar-refractivity contribution in [2.45, 2.75) is 13.0 Å². The number of hydrogen-bond donors (Lipinski definition) is 3. The van der Waals surface area contributed by atoms with Crippen LogP contribution in [0.25, 0.3) is 0 Å². The molecule has 0 unspecified atom stereocenters. The SMILES string of the molecule is Cc1cc(NC(CO)CO)cc([N+](=O)[O-])c1. The van der Waals surface area contributed by atoms with E-state index in [1.54, 1.807) is 13.0 Å². The van der Waals surface area contributed by atoms with E-state index in [9.17, 15) is 10.1 Å². The van der Waals surface area contributed by atoms with E-state index >= 15 is 0 Å². The third-order valence-corrected chi connectivity index (χ3v) is 2.08. The van der Waals surface area contributed by atoms with Gasteiger partial charge in [-0.2, -0.15) is 0 Å². The highest BCUT2D eigenvalue weighted by atomic mass is 16.6. The Balaban J connectivity index is 2.91. The largest absolute Gasteiger partial charge is 0.394 e. The number of anilines is 1. The number of nitro groups is 1. The van der Waals surface area contributed by atoms with E-state index < -0.39 is 11.0 Å². The van der Waals surface area contributed by atoms with Gasteiger partial charge in [0, 0.05) is 17.8 Å². The minimum Gasteiger partial charge on any atom is -0.394 e. The molecule has 0 bridgehead atoms. The first-order valence-electron chi connectivity index (χ1n) is 4.81. The van der Waals surface area contributed by atoms with Gasteiger partial charge in [0.15, 0.2) is 0 Å². The Bertz CT molecular complexity index is 377. The number of benzene rings is 1. The number of rotatable bonds is 5. The van der Waals surface area contributed by atoms with Crippen molar-refractivity contribution >= 4 is 11.4 Å². The first-order chi connectivity index (χ1) is 7.56. The number of aryl methyl sites for hydroxylation is 1. The van der Waals surface area contributed by atoms with Gasteiger partial charge in [0.25, 0.3) is 5.69 Å². The standard InChI is InChI=1S/C10H14N2O4/c1-7-2-8(11-9(5-13)6-14)4-10(3-7)12(15)16/h2-4,9,11,13-14H,5-6H2,1H3. The minimum atomic E-state index is -0.513. The lowest BCUT2D eigenvalue weighted by Crippen LogP contribution is -2.27. The summed E-state index contributed by atoms with van der Waals surface area (Å²) in [6.45, 7) is 1.27. The van der Waals surface area contributed by atoms with Crippen molar-refractivity contribution in [1.29, 1.82) is 0 Å². The molecule has 0 radical (unpaired) electrons. The van der Waals surface area contributed by atoms with E-state index in [2.05, 4.69) is 5.32 Å². The zero-order chi connectivity index (χ0) is 12.1. The number of hydrogen-bond acceptors (Lipinski definition) is 5. The van der Waals surface area contributed by atoms with Crippen LogP contribution in [0, 0.1) is 17.0 Å². The van der Waals surface area contributed by atoms with Crippen LogP contribution in [-0.4, -0.2) is 34.4 Å². The van der Waals surface area contributed by atoms with Crippen LogP contribution in [0.1, 0.15) is 5.56 Å². The van der Waals surface area contributed by atoms with Crippen molar-refractivity contribution < 1.29 is 15.1 Å². The summed E-state index contributed by atoms with van der Waals surface area (Å²) in [4.78, 5) is 10.1. The molecule has 3 N–H and O–H groups in total. The van der Waals surface area contributed by atoms with Crippen LogP contribution in [0.2, 0.25) is 0 Å². The summed E-state index contributed by atoms with van der Waals surface area (Å²) >= 11 is 0. The van der Waals surface area contributed by atoms with Crippen LogP contribution in [0.15, 0.2) is 18.2 Å². The quantitative estimate of drug-likeness (QED) is 0.506. The van der Waals surface area contributed by atoms with Crippen LogP contribution in [0.4, 0.5) is 11.4 Å². The lowest BCUT2D eigenvalue weighted by molar-refractivity contribution is -0.384. The fourth-order valence-corrected chi connectivity index (χ4v) is 1.34. The smallest absolute Gasteiger partial charge is 0.271 e. The summed E-state index contributed by atoms with van der Waals surface area (Å²) in [5, 5.41) is 31.2. The minimum absolute atomic E-state index is 0.0165. The molecule has 1 aromatic rings. The van der Waals surface area contributed by atoms with Crippen molar-refractivity contribution in [2.24, 2.45) is 0 Å². The molecular weight excluding hydrogens is 212 g/mol. The Hall–Kier alpha value is -1.66. The molecule has 1 rings (SSSR count). The van der Waals surface area contributed by atoms with Crippen LogP contribution in [0.3, 0.4) is 0 Å². The van der Waals surface area contributed by atoms with E-state index in [0.29, 0.717) is 5.69 Å². The van der Waals surface area contributed by atoms with Crippen LogP contribution in [0.5, 0.6) is 0 Å². The van der Waals surface area contributed by atoms with Crippen LogP contribution >= 0.6 is 0 Å². The molecular formula is C10H14N2O4. The van der Waals surface area contributed by atoms with Crippen molar-refractivity contribution in [3.63, 3.8) is 0 Å². The number of aliphatic hydroxyl groups is 2. The number of nitro benzene ring substituents is 1. The molecule has 0 aliphatic carbocycles. The first kappa shape index (κ1) is 12.4. The van der Waals surface area contributed by atoms with Crippen molar-refractivity contribution in [3.05, 3.63) is 33.9 Å². The monoisotopic (exact) mass is 226 g/mol. The summed E-state index contributed by atoms with van der Waals surface area (Å²) in [5.41, 5.74) is 1.24. The van der Waals surface area contributed by atoms with Gasteiger partial charge in [0.05, 0.1) is 24.2 Å². The van der Waals surface area contributed by atoms with Gasteiger partial charge in [-0.25, -0.2) is 0 Å². The number of nitrogens with zero attached hydrogens (tertiary/aromatic N) is 1. The van der Waals surface area contributed by atoms with Gasteiger partial charge in [-0.3, -0.25) is 10.1 Å². The fourth-order valence-electron chi connectivity index (χ4n) is 1.34. The molecule has 0 aliphatic heterocycles. The molecule has 6 heteroatoms. The second-order valence-electron chi connectivity index (χ2n) is 3.52. The topological polar surface area (TPSA) is 95.6 Å². The van der Waals surface area contributed by atoms with E-state index in [0.717, 1.165) is 5.56 Å². The third kappa shape index (κ3) is 3.18. The molecule has 0 atom stereocenters. The summed E-state index contributed by atoms with van der Waals surface area (Å²) in [7, 11) is 0. The second kappa shape index (κ2) is 5.43. The maximum Gasteiger partial charge on any atom is 0.271 e. The summed E-state index contributed by atoms with van der Waals surface area (Å²) in [6, 6.07) is 4.02. The van der Waals surface area contributed by atoms with Gasteiger partial charge in [-0.15, -0.1) is 0 Å². The van der Waals surface area contributed by atoms with Crippen molar-refractivity contribution in [1.82, 2.24) is 0 Å². The lowest BCUT2D eigenvalue weighted by Gasteiger charge is -2.14. The van der Waals surface area contributed by atoms with E-state index in [1.165, 1.54) is 12.1 Å². The average Bonchev–Trinajstić information content (AvgIpc) is 2.25. The molecule has 0 fully saturated rings. The zero-order valence-corrected chi connectivity index (χ0v) is 8.88.